The molecule has 0 bridgehead atoms. The van der Waals surface area contributed by atoms with Gasteiger partial charge in [-0.25, -0.2) is 0 Å². The molecular formula is C28H46O7. The number of methoxy groups -OCH3 is 1. The van der Waals surface area contributed by atoms with Gasteiger partial charge in [-0.3, -0.25) is 0 Å². The van der Waals surface area contributed by atoms with Crippen LogP contribution in [0.5, 0.6) is 0 Å². The van der Waals surface area contributed by atoms with Crippen LogP contribution in [0.25, 0.3) is 0 Å². The molecule has 0 spiro atoms. The molecule has 5 aliphatic rings. The van der Waals surface area contributed by atoms with Gasteiger partial charge in [0.1, 0.15) is 18.3 Å². The maximum atomic E-state index is 11.5. The van der Waals surface area contributed by atoms with E-state index >= 15 is 0 Å². The lowest BCUT2D eigenvalue weighted by Gasteiger charge is -2.59. The highest BCUT2D eigenvalue weighted by molar-refractivity contribution is 5.26. The maximum Gasteiger partial charge on any atom is 0.186 e. The molecule has 1 heterocycles. The minimum atomic E-state index is -1.03. The van der Waals surface area contributed by atoms with Crippen LogP contribution in [-0.2, 0) is 14.2 Å². The fraction of sp³-hybridized carbons (Fsp3) is 0.929. The van der Waals surface area contributed by atoms with Crippen molar-refractivity contribution in [3.05, 3.63) is 11.6 Å². The molecule has 35 heavy (non-hydrogen) atoms. The number of hydrogen-bond acceptors (Lipinski definition) is 7. The van der Waals surface area contributed by atoms with E-state index in [0.717, 1.165) is 44.9 Å². The number of allylic oxidation sites excluding steroid dienone is 1. The van der Waals surface area contributed by atoms with Crippen LogP contribution in [0.2, 0.25) is 0 Å². The van der Waals surface area contributed by atoms with Crippen molar-refractivity contribution in [3.8, 4) is 0 Å². The predicted octanol–water partition coefficient (Wildman–Crippen LogP) is 2.93. The van der Waals surface area contributed by atoms with Crippen molar-refractivity contribution in [3.63, 3.8) is 0 Å². The van der Waals surface area contributed by atoms with Gasteiger partial charge in [0.15, 0.2) is 6.29 Å². The van der Waals surface area contributed by atoms with Gasteiger partial charge < -0.3 is 34.6 Å². The third-order valence-electron chi connectivity index (χ3n) is 11.3. The highest BCUT2D eigenvalue weighted by Gasteiger charge is 2.65. The molecule has 0 aromatic heterocycles. The minimum Gasteiger partial charge on any atom is -0.390 e. The van der Waals surface area contributed by atoms with Gasteiger partial charge in [-0.05, 0) is 88.4 Å². The molecule has 7 heteroatoms. The molecule has 1 saturated heterocycles. The van der Waals surface area contributed by atoms with E-state index in [1.54, 1.807) is 13.8 Å². The van der Waals surface area contributed by atoms with E-state index in [1.807, 2.05) is 0 Å². The fourth-order valence-corrected chi connectivity index (χ4v) is 9.06. The molecule has 0 aromatic carbocycles. The average Bonchev–Trinajstić information content (AvgIpc) is 3.10. The van der Waals surface area contributed by atoms with Crippen molar-refractivity contribution in [2.45, 2.75) is 128 Å². The van der Waals surface area contributed by atoms with Crippen molar-refractivity contribution < 1.29 is 34.6 Å². The number of ether oxygens (including phenoxy) is 3. The molecule has 0 aromatic rings. The third-order valence-corrected chi connectivity index (χ3v) is 11.3. The van der Waals surface area contributed by atoms with Gasteiger partial charge in [0, 0.05) is 12.5 Å². The molecule has 13 atom stereocenters. The lowest BCUT2D eigenvalue weighted by molar-refractivity contribution is -0.309. The summed E-state index contributed by atoms with van der Waals surface area (Å²) in [6.45, 7) is 8.18. The first-order chi connectivity index (χ1) is 16.5. The molecule has 0 amide bonds. The SMILES string of the molecule is CO[C@H]1[C@@H](O)[C@@H](C)O[C@@H](O[C@H]2CC[C@@]3(C)C(=CC[C@H]4[C@H]5CC[C@](O)([C@H](C)O)[C@@]5(C)CC[C@@H]43)C2)[C@@H]1O. The summed E-state index contributed by atoms with van der Waals surface area (Å²) >= 11 is 0. The zero-order valence-corrected chi connectivity index (χ0v) is 22.0. The number of rotatable bonds is 4. The molecule has 0 radical (unpaired) electrons. The normalized spacial score (nSPS) is 54.9. The maximum absolute atomic E-state index is 11.5. The van der Waals surface area contributed by atoms with Crippen molar-refractivity contribution in [2.24, 2.45) is 28.6 Å². The van der Waals surface area contributed by atoms with Gasteiger partial charge in [-0.1, -0.05) is 25.5 Å². The summed E-state index contributed by atoms with van der Waals surface area (Å²) in [5.41, 5.74) is 0.382. The number of fused-ring (bicyclic) bond motifs is 5. The molecule has 0 unspecified atom stereocenters. The van der Waals surface area contributed by atoms with Crippen LogP contribution < -0.4 is 0 Å². The molecule has 5 rings (SSSR count). The summed E-state index contributed by atoms with van der Waals surface area (Å²) < 4.78 is 17.5. The Kier molecular flexibility index (Phi) is 6.73. The summed E-state index contributed by atoms with van der Waals surface area (Å²) in [4.78, 5) is 0. The van der Waals surface area contributed by atoms with Crippen molar-refractivity contribution >= 4 is 0 Å². The minimum absolute atomic E-state index is 0.0360. The van der Waals surface area contributed by atoms with E-state index in [2.05, 4.69) is 19.9 Å². The van der Waals surface area contributed by atoms with E-state index in [-0.39, 0.29) is 16.9 Å². The predicted molar refractivity (Wildman–Crippen MR) is 130 cm³/mol. The number of hydrogen-bond donors (Lipinski definition) is 4. The smallest absolute Gasteiger partial charge is 0.186 e. The zero-order chi connectivity index (χ0) is 25.3. The lowest BCUT2D eigenvalue weighted by Crippen LogP contribution is -2.59. The summed E-state index contributed by atoms with van der Waals surface area (Å²) in [5, 5.41) is 42.9. The molecule has 4 aliphatic carbocycles. The average molecular weight is 495 g/mol. The van der Waals surface area contributed by atoms with Crippen molar-refractivity contribution in [2.75, 3.05) is 7.11 Å². The van der Waals surface area contributed by atoms with E-state index in [0.29, 0.717) is 24.2 Å². The van der Waals surface area contributed by atoms with Crippen LogP contribution in [0, 0.1) is 28.6 Å². The highest BCUT2D eigenvalue weighted by atomic mass is 16.7. The molecular weight excluding hydrogens is 448 g/mol. The molecule has 3 saturated carbocycles. The Bertz CT molecular complexity index is 830. The van der Waals surface area contributed by atoms with Gasteiger partial charge >= 0.3 is 0 Å². The highest BCUT2D eigenvalue weighted by Crippen LogP contribution is 2.67. The van der Waals surface area contributed by atoms with Gasteiger partial charge in [0.2, 0.25) is 0 Å². The zero-order valence-electron chi connectivity index (χ0n) is 22.0. The second-order valence-electron chi connectivity index (χ2n) is 12.7. The number of aliphatic hydroxyl groups excluding tert-OH is 3. The van der Waals surface area contributed by atoms with E-state index in [1.165, 1.54) is 12.7 Å². The van der Waals surface area contributed by atoms with E-state index in [9.17, 15) is 20.4 Å². The Morgan fingerprint density at radius 1 is 1.06 bits per heavy atom. The Hall–Kier alpha value is -0.540. The van der Waals surface area contributed by atoms with Crippen LogP contribution in [0.3, 0.4) is 0 Å². The van der Waals surface area contributed by atoms with Crippen molar-refractivity contribution in [1.29, 1.82) is 0 Å². The van der Waals surface area contributed by atoms with Crippen molar-refractivity contribution in [1.82, 2.24) is 0 Å². The van der Waals surface area contributed by atoms with E-state index < -0.39 is 42.4 Å². The monoisotopic (exact) mass is 494 g/mol. The Morgan fingerprint density at radius 3 is 2.46 bits per heavy atom. The third kappa shape index (κ3) is 3.79. The summed E-state index contributed by atoms with van der Waals surface area (Å²) in [6, 6.07) is 0. The molecule has 200 valence electrons. The topological polar surface area (TPSA) is 109 Å². The molecule has 7 nitrogen and oxygen atoms in total. The first-order valence-corrected chi connectivity index (χ1v) is 13.8. The Balaban J connectivity index is 1.30. The summed E-state index contributed by atoms with van der Waals surface area (Å²) in [6.07, 6.45) is 5.29. The van der Waals surface area contributed by atoms with Crippen LogP contribution in [-0.4, -0.2) is 76.1 Å². The second kappa shape index (κ2) is 9.04. The van der Waals surface area contributed by atoms with Gasteiger partial charge in [0.25, 0.3) is 0 Å². The Morgan fingerprint density at radius 2 is 1.77 bits per heavy atom. The van der Waals surface area contributed by atoms with E-state index in [4.69, 9.17) is 14.2 Å². The van der Waals surface area contributed by atoms with Crippen LogP contribution in [0.15, 0.2) is 11.6 Å². The summed E-state index contributed by atoms with van der Waals surface area (Å²) in [7, 11) is 1.49. The number of aliphatic hydroxyl groups is 4. The standard InChI is InChI=1S/C28H46O7/c1-15-22(30)24(33-5)23(31)25(34-15)35-18-8-11-26(3)17(14-18)6-7-19-20(26)9-12-27(4)21(19)10-13-28(27,32)16(2)29/h6,15-16,18-25,29-32H,7-14H2,1-5H3/t15-,16+,18+,19-,20+,21-,22+,23-,24+,25+,26+,27+,28+/m1/s1. The van der Waals surface area contributed by atoms with Gasteiger partial charge in [-0.15, -0.1) is 0 Å². The second-order valence-corrected chi connectivity index (χ2v) is 12.7. The van der Waals surface area contributed by atoms with Crippen LogP contribution in [0.4, 0.5) is 0 Å². The van der Waals surface area contributed by atoms with Gasteiger partial charge in [-0.2, -0.15) is 0 Å². The lowest BCUT2D eigenvalue weighted by atomic mass is 9.46. The van der Waals surface area contributed by atoms with Crippen LogP contribution in [0.1, 0.15) is 79.1 Å². The first kappa shape index (κ1) is 26.1. The molecule has 4 fully saturated rings. The quantitative estimate of drug-likeness (QED) is 0.445. The molecule has 4 N–H and O–H groups in total. The molecule has 1 aliphatic heterocycles. The fourth-order valence-electron chi connectivity index (χ4n) is 9.06. The summed E-state index contributed by atoms with van der Waals surface area (Å²) in [5.74, 6) is 1.57. The van der Waals surface area contributed by atoms with Gasteiger partial charge in [0.05, 0.1) is 23.9 Å². The van der Waals surface area contributed by atoms with Crippen LogP contribution >= 0.6 is 0 Å². The Labute approximate surface area is 209 Å². The largest absolute Gasteiger partial charge is 0.390 e. The first-order valence-electron chi connectivity index (χ1n) is 13.8.